The fourth-order valence-electron chi connectivity index (χ4n) is 2.16. The molecule has 1 atom stereocenters. The van der Waals surface area contributed by atoms with Gasteiger partial charge in [0.1, 0.15) is 12.4 Å². The van der Waals surface area contributed by atoms with Crippen LogP contribution in [0, 0.1) is 5.41 Å². The highest BCUT2D eigenvalue weighted by Gasteiger charge is 2.17. The van der Waals surface area contributed by atoms with E-state index >= 15 is 0 Å². The van der Waals surface area contributed by atoms with Crippen molar-refractivity contribution in [2.45, 2.75) is 46.6 Å². The summed E-state index contributed by atoms with van der Waals surface area (Å²) in [5.74, 6) is 0.243. The minimum absolute atomic E-state index is 0.0386. The molecular formula is C18H29F2NO4S. The van der Waals surface area contributed by atoms with Gasteiger partial charge in [-0.3, -0.25) is 0 Å². The van der Waals surface area contributed by atoms with Crippen LogP contribution in [0.5, 0.6) is 5.75 Å². The van der Waals surface area contributed by atoms with Gasteiger partial charge in [-0.15, -0.1) is 0 Å². The smallest absolute Gasteiger partial charge is 0.272 e. The van der Waals surface area contributed by atoms with Crippen molar-refractivity contribution in [3.05, 3.63) is 29.8 Å². The van der Waals surface area contributed by atoms with E-state index in [1.54, 1.807) is 31.2 Å². The van der Waals surface area contributed by atoms with E-state index < -0.39 is 29.1 Å². The standard InChI is InChI=1S/C18H29F2NO4S/c1-14(15-7-5-8-16(11-15)25-12-17(19)20)21-26(22,23)10-6-9-24-13-18(2,3)4/h5,7-8,11,14,17,21H,6,9-10,12-13H2,1-4H3/t14-/m1/s1. The summed E-state index contributed by atoms with van der Waals surface area (Å²) in [5.41, 5.74) is 0.688. The van der Waals surface area contributed by atoms with Gasteiger partial charge in [0.15, 0.2) is 0 Å². The molecule has 0 bridgehead atoms. The molecule has 0 saturated carbocycles. The van der Waals surface area contributed by atoms with Gasteiger partial charge in [-0.2, -0.15) is 0 Å². The molecule has 0 aliphatic carbocycles. The van der Waals surface area contributed by atoms with Gasteiger partial charge < -0.3 is 9.47 Å². The van der Waals surface area contributed by atoms with Crippen LogP contribution < -0.4 is 9.46 Å². The summed E-state index contributed by atoms with van der Waals surface area (Å²) in [4.78, 5) is 0. The van der Waals surface area contributed by atoms with E-state index in [0.717, 1.165) is 0 Å². The maximum absolute atomic E-state index is 12.2. The highest BCUT2D eigenvalue weighted by atomic mass is 32.2. The summed E-state index contributed by atoms with van der Waals surface area (Å²) < 4.78 is 61.8. The second-order valence-corrected chi connectivity index (χ2v) is 9.27. The molecule has 1 aromatic carbocycles. The van der Waals surface area contributed by atoms with Gasteiger partial charge in [-0.25, -0.2) is 21.9 Å². The first kappa shape index (κ1) is 22.8. The molecule has 0 saturated heterocycles. The summed E-state index contributed by atoms with van der Waals surface area (Å²) in [6.07, 6.45) is -2.16. The molecule has 0 fully saturated rings. The molecule has 0 amide bonds. The first-order chi connectivity index (χ1) is 12.0. The number of benzene rings is 1. The average Bonchev–Trinajstić information content (AvgIpc) is 2.51. The van der Waals surface area contributed by atoms with Crippen LogP contribution in [-0.2, 0) is 14.8 Å². The topological polar surface area (TPSA) is 64.6 Å². The van der Waals surface area contributed by atoms with Gasteiger partial charge in [0.2, 0.25) is 10.0 Å². The van der Waals surface area contributed by atoms with Crippen molar-refractivity contribution in [2.75, 3.05) is 25.6 Å². The van der Waals surface area contributed by atoms with Crippen molar-refractivity contribution in [3.8, 4) is 5.75 Å². The van der Waals surface area contributed by atoms with E-state index in [2.05, 4.69) is 4.72 Å². The minimum Gasteiger partial charge on any atom is -0.488 e. The van der Waals surface area contributed by atoms with E-state index in [4.69, 9.17) is 9.47 Å². The van der Waals surface area contributed by atoms with E-state index in [9.17, 15) is 17.2 Å². The third-order valence-corrected chi connectivity index (χ3v) is 4.87. The molecule has 150 valence electrons. The lowest BCUT2D eigenvalue weighted by Gasteiger charge is -2.18. The Kier molecular flexibility index (Phi) is 8.92. The number of sulfonamides is 1. The molecule has 0 heterocycles. The number of hydrogen-bond acceptors (Lipinski definition) is 4. The summed E-state index contributed by atoms with van der Waals surface area (Å²) in [5, 5.41) is 0. The number of alkyl halides is 2. The van der Waals surface area contributed by atoms with Crippen molar-refractivity contribution in [3.63, 3.8) is 0 Å². The molecule has 5 nitrogen and oxygen atoms in total. The Balaban J connectivity index is 2.49. The number of rotatable bonds is 11. The van der Waals surface area contributed by atoms with Gasteiger partial charge >= 0.3 is 0 Å². The Morgan fingerprint density at radius 1 is 1.23 bits per heavy atom. The SMILES string of the molecule is C[C@@H](NS(=O)(=O)CCCOCC(C)(C)C)c1cccc(OCC(F)F)c1. The number of nitrogens with one attached hydrogen (secondary N) is 1. The van der Waals surface area contributed by atoms with E-state index in [1.165, 1.54) is 0 Å². The maximum atomic E-state index is 12.2. The Hall–Kier alpha value is -1.25. The second kappa shape index (κ2) is 10.2. The Morgan fingerprint density at radius 2 is 1.92 bits per heavy atom. The Bertz CT molecular complexity index is 645. The van der Waals surface area contributed by atoms with Crippen molar-refractivity contribution in [1.82, 2.24) is 4.72 Å². The van der Waals surface area contributed by atoms with Gasteiger partial charge in [-0.05, 0) is 36.5 Å². The van der Waals surface area contributed by atoms with Crippen LogP contribution in [-0.4, -0.2) is 40.4 Å². The molecule has 0 radical (unpaired) electrons. The van der Waals surface area contributed by atoms with Crippen molar-refractivity contribution < 1.29 is 26.7 Å². The molecule has 8 heteroatoms. The summed E-state index contributed by atoms with van der Waals surface area (Å²) >= 11 is 0. The van der Waals surface area contributed by atoms with Gasteiger partial charge in [0.25, 0.3) is 6.43 Å². The maximum Gasteiger partial charge on any atom is 0.272 e. The molecule has 0 aliphatic heterocycles. The third kappa shape index (κ3) is 10.0. The lowest BCUT2D eigenvalue weighted by atomic mass is 9.99. The Morgan fingerprint density at radius 3 is 2.54 bits per heavy atom. The molecule has 0 aromatic heterocycles. The molecule has 0 spiro atoms. The monoisotopic (exact) mass is 393 g/mol. The average molecular weight is 393 g/mol. The van der Waals surface area contributed by atoms with Crippen molar-refractivity contribution >= 4 is 10.0 Å². The quantitative estimate of drug-likeness (QED) is 0.582. The van der Waals surface area contributed by atoms with Crippen molar-refractivity contribution in [2.24, 2.45) is 5.41 Å². The third-order valence-electron chi connectivity index (χ3n) is 3.33. The number of hydrogen-bond donors (Lipinski definition) is 1. The lowest BCUT2D eigenvalue weighted by Crippen LogP contribution is -2.29. The summed E-state index contributed by atoms with van der Waals surface area (Å²) in [6, 6.07) is 5.98. The van der Waals surface area contributed by atoms with Crippen LogP contribution in [0.3, 0.4) is 0 Å². The van der Waals surface area contributed by atoms with E-state index in [0.29, 0.717) is 25.2 Å². The molecule has 1 rings (SSSR count). The van der Waals surface area contributed by atoms with Crippen LogP contribution in [0.15, 0.2) is 24.3 Å². The Labute approximate surface area is 155 Å². The predicted molar refractivity (Wildman–Crippen MR) is 98.2 cm³/mol. The van der Waals surface area contributed by atoms with Gasteiger partial charge in [-0.1, -0.05) is 32.9 Å². The first-order valence-electron chi connectivity index (χ1n) is 8.57. The molecule has 26 heavy (non-hydrogen) atoms. The van der Waals surface area contributed by atoms with Crippen LogP contribution in [0.2, 0.25) is 0 Å². The zero-order chi connectivity index (χ0) is 19.8. The molecular weight excluding hydrogens is 364 g/mol. The van der Waals surface area contributed by atoms with Crippen molar-refractivity contribution in [1.29, 1.82) is 0 Å². The second-order valence-electron chi connectivity index (χ2n) is 7.40. The van der Waals surface area contributed by atoms with Crippen LogP contribution in [0.1, 0.15) is 45.7 Å². The van der Waals surface area contributed by atoms with Crippen LogP contribution >= 0.6 is 0 Å². The predicted octanol–water partition coefficient (Wildman–Crippen LogP) is 3.76. The fraction of sp³-hybridized carbons (Fsp3) is 0.667. The van der Waals surface area contributed by atoms with Crippen LogP contribution in [0.4, 0.5) is 8.78 Å². The molecule has 1 aromatic rings. The van der Waals surface area contributed by atoms with E-state index in [1.807, 2.05) is 20.8 Å². The van der Waals surface area contributed by atoms with Gasteiger partial charge in [0.05, 0.1) is 12.4 Å². The molecule has 0 unspecified atom stereocenters. The zero-order valence-corrected chi connectivity index (χ0v) is 16.6. The fourth-order valence-corrected chi connectivity index (χ4v) is 3.45. The van der Waals surface area contributed by atoms with Gasteiger partial charge in [0, 0.05) is 12.6 Å². The number of ether oxygens (including phenoxy) is 2. The highest BCUT2D eigenvalue weighted by Crippen LogP contribution is 2.20. The first-order valence-corrected chi connectivity index (χ1v) is 10.2. The van der Waals surface area contributed by atoms with E-state index in [-0.39, 0.29) is 16.9 Å². The summed E-state index contributed by atoms with van der Waals surface area (Å²) in [7, 11) is -3.47. The number of halogens is 2. The minimum atomic E-state index is -3.47. The molecule has 1 N–H and O–H groups in total. The summed E-state index contributed by atoms with van der Waals surface area (Å²) in [6.45, 7) is 8.09. The largest absolute Gasteiger partial charge is 0.488 e. The normalized spacial score (nSPS) is 13.8. The highest BCUT2D eigenvalue weighted by molar-refractivity contribution is 7.89. The van der Waals surface area contributed by atoms with Crippen LogP contribution in [0.25, 0.3) is 0 Å². The zero-order valence-electron chi connectivity index (χ0n) is 15.8. The molecule has 0 aliphatic rings. The lowest BCUT2D eigenvalue weighted by molar-refractivity contribution is 0.0720.